The van der Waals surface area contributed by atoms with Crippen molar-refractivity contribution in [3.05, 3.63) is 23.9 Å². The van der Waals surface area contributed by atoms with Crippen molar-refractivity contribution in [2.75, 3.05) is 11.4 Å². The highest BCUT2D eigenvalue weighted by Crippen LogP contribution is 2.23. The maximum Gasteiger partial charge on any atom is 0.128 e. The van der Waals surface area contributed by atoms with Crippen LogP contribution in [-0.4, -0.2) is 23.4 Å². The molecule has 0 aliphatic heterocycles. The first kappa shape index (κ1) is 15.5. The number of hydrogen-bond donors (Lipinski definition) is 2. The van der Waals surface area contributed by atoms with Crippen molar-refractivity contribution in [1.82, 2.24) is 4.98 Å². The SMILES string of the molecule is CC(C)N(CCC(=N)N)c1ccc(C(C)(C)C)cn1. The molecule has 0 atom stereocenters. The zero-order valence-electron chi connectivity index (χ0n) is 12.7. The summed E-state index contributed by atoms with van der Waals surface area (Å²) in [7, 11) is 0. The molecular weight excluding hydrogens is 236 g/mol. The molecule has 0 bridgehead atoms. The van der Waals surface area contributed by atoms with Crippen molar-refractivity contribution in [3.8, 4) is 0 Å². The summed E-state index contributed by atoms with van der Waals surface area (Å²) >= 11 is 0. The minimum absolute atomic E-state index is 0.119. The van der Waals surface area contributed by atoms with Gasteiger partial charge in [0.15, 0.2) is 0 Å². The molecule has 0 fully saturated rings. The second-order valence-corrected chi connectivity index (χ2v) is 6.22. The Morgan fingerprint density at radius 1 is 1.37 bits per heavy atom. The van der Waals surface area contributed by atoms with Gasteiger partial charge in [0.1, 0.15) is 5.82 Å². The van der Waals surface area contributed by atoms with Crippen LogP contribution in [-0.2, 0) is 5.41 Å². The predicted molar refractivity (Wildman–Crippen MR) is 82.0 cm³/mol. The molecule has 1 aromatic heterocycles. The summed E-state index contributed by atoms with van der Waals surface area (Å²) in [5.74, 6) is 1.17. The standard InChI is InChI=1S/C15H26N4/c1-11(2)19(9-8-13(16)17)14-7-6-12(10-18-14)15(3,4)5/h6-7,10-11H,8-9H2,1-5H3,(H3,16,17). The Labute approximate surface area is 116 Å². The van der Waals surface area contributed by atoms with Crippen LogP contribution in [0.1, 0.15) is 46.6 Å². The van der Waals surface area contributed by atoms with E-state index in [4.69, 9.17) is 11.1 Å². The van der Waals surface area contributed by atoms with E-state index < -0.39 is 0 Å². The first-order valence-corrected chi connectivity index (χ1v) is 6.78. The fourth-order valence-corrected chi connectivity index (χ4v) is 1.88. The normalized spacial score (nSPS) is 11.7. The van der Waals surface area contributed by atoms with Crippen LogP contribution in [0.25, 0.3) is 0 Å². The summed E-state index contributed by atoms with van der Waals surface area (Å²) in [5, 5.41) is 7.34. The molecule has 0 unspecified atom stereocenters. The van der Waals surface area contributed by atoms with Gasteiger partial charge in [0.2, 0.25) is 0 Å². The van der Waals surface area contributed by atoms with E-state index >= 15 is 0 Å². The van der Waals surface area contributed by atoms with Crippen molar-refractivity contribution < 1.29 is 0 Å². The largest absolute Gasteiger partial charge is 0.388 e. The number of nitrogens with two attached hydrogens (primary N) is 1. The highest BCUT2D eigenvalue weighted by Gasteiger charge is 2.16. The van der Waals surface area contributed by atoms with E-state index in [-0.39, 0.29) is 11.3 Å². The minimum atomic E-state index is 0.119. The van der Waals surface area contributed by atoms with E-state index in [0.29, 0.717) is 12.5 Å². The Morgan fingerprint density at radius 3 is 2.37 bits per heavy atom. The summed E-state index contributed by atoms with van der Waals surface area (Å²) in [4.78, 5) is 6.73. The fraction of sp³-hybridized carbons (Fsp3) is 0.600. The van der Waals surface area contributed by atoms with Crippen molar-refractivity contribution in [2.45, 2.75) is 52.5 Å². The van der Waals surface area contributed by atoms with Gasteiger partial charge < -0.3 is 10.6 Å². The Hall–Kier alpha value is -1.58. The number of aromatic nitrogens is 1. The van der Waals surface area contributed by atoms with Gasteiger partial charge in [-0.15, -0.1) is 0 Å². The van der Waals surface area contributed by atoms with E-state index in [9.17, 15) is 0 Å². The molecule has 0 amide bonds. The molecule has 1 heterocycles. The summed E-state index contributed by atoms with van der Waals surface area (Å²) in [6, 6.07) is 4.53. The van der Waals surface area contributed by atoms with Crippen LogP contribution in [0.4, 0.5) is 5.82 Å². The topological polar surface area (TPSA) is 66.0 Å². The van der Waals surface area contributed by atoms with Crippen LogP contribution in [0.2, 0.25) is 0 Å². The van der Waals surface area contributed by atoms with Crippen LogP contribution in [0, 0.1) is 5.41 Å². The van der Waals surface area contributed by atoms with Gasteiger partial charge in [-0.25, -0.2) is 4.98 Å². The minimum Gasteiger partial charge on any atom is -0.388 e. The van der Waals surface area contributed by atoms with Gasteiger partial charge in [-0.2, -0.15) is 0 Å². The van der Waals surface area contributed by atoms with Gasteiger partial charge in [0.05, 0.1) is 5.84 Å². The molecule has 1 aromatic rings. The van der Waals surface area contributed by atoms with Gasteiger partial charge in [0, 0.05) is 25.2 Å². The second kappa shape index (κ2) is 6.04. The lowest BCUT2D eigenvalue weighted by molar-refractivity contribution is 0.586. The smallest absolute Gasteiger partial charge is 0.128 e. The van der Waals surface area contributed by atoms with Gasteiger partial charge in [0.25, 0.3) is 0 Å². The lowest BCUT2D eigenvalue weighted by Crippen LogP contribution is -2.34. The number of anilines is 1. The zero-order valence-corrected chi connectivity index (χ0v) is 12.7. The predicted octanol–water partition coefficient (Wildman–Crippen LogP) is 2.92. The van der Waals surface area contributed by atoms with Gasteiger partial charge in [-0.3, -0.25) is 5.41 Å². The molecule has 0 aliphatic rings. The first-order valence-electron chi connectivity index (χ1n) is 6.78. The number of nitrogens with zero attached hydrogens (tertiary/aromatic N) is 2. The Bertz CT molecular complexity index is 415. The maximum atomic E-state index is 7.34. The van der Waals surface area contributed by atoms with E-state index in [1.165, 1.54) is 5.56 Å². The van der Waals surface area contributed by atoms with Gasteiger partial charge >= 0.3 is 0 Å². The first-order chi connectivity index (χ1) is 8.71. The highest BCUT2D eigenvalue weighted by molar-refractivity contribution is 5.77. The van der Waals surface area contributed by atoms with E-state index in [2.05, 4.69) is 56.6 Å². The number of rotatable bonds is 5. The van der Waals surface area contributed by atoms with Gasteiger partial charge in [-0.05, 0) is 30.9 Å². The van der Waals surface area contributed by atoms with Crippen LogP contribution in [0.5, 0.6) is 0 Å². The Kier molecular flexibility index (Phi) is 4.92. The van der Waals surface area contributed by atoms with Gasteiger partial charge in [-0.1, -0.05) is 26.8 Å². The lowest BCUT2D eigenvalue weighted by Gasteiger charge is -2.28. The maximum absolute atomic E-state index is 7.34. The third-order valence-electron chi connectivity index (χ3n) is 3.15. The quantitative estimate of drug-likeness (QED) is 0.633. The number of nitrogens with one attached hydrogen (secondary N) is 1. The molecule has 0 radical (unpaired) electrons. The van der Waals surface area contributed by atoms with Crippen molar-refractivity contribution in [2.24, 2.45) is 5.73 Å². The molecule has 0 spiro atoms. The third kappa shape index (κ3) is 4.54. The Morgan fingerprint density at radius 2 is 2.00 bits per heavy atom. The molecule has 4 nitrogen and oxygen atoms in total. The molecule has 4 heteroatoms. The number of pyridine rings is 1. The van der Waals surface area contributed by atoms with Crippen molar-refractivity contribution >= 4 is 11.7 Å². The van der Waals surface area contributed by atoms with E-state index in [0.717, 1.165) is 12.4 Å². The van der Waals surface area contributed by atoms with Crippen molar-refractivity contribution in [1.29, 1.82) is 5.41 Å². The highest BCUT2D eigenvalue weighted by atomic mass is 15.2. The van der Waals surface area contributed by atoms with Crippen LogP contribution in [0.3, 0.4) is 0 Å². The zero-order chi connectivity index (χ0) is 14.6. The molecule has 1 rings (SSSR count). The van der Waals surface area contributed by atoms with Crippen molar-refractivity contribution in [3.63, 3.8) is 0 Å². The number of hydrogen-bond acceptors (Lipinski definition) is 3. The average Bonchev–Trinajstić information content (AvgIpc) is 2.27. The molecule has 0 saturated carbocycles. The molecule has 0 saturated heterocycles. The molecule has 0 aromatic carbocycles. The van der Waals surface area contributed by atoms with Crippen LogP contribution < -0.4 is 10.6 Å². The average molecular weight is 262 g/mol. The summed E-state index contributed by atoms with van der Waals surface area (Å²) in [6.45, 7) is 11.5. The monoisotopic (exact) mass is 262 g/mol. The molecule has 3 N–H and O–H groups in total. The van der Waals surface area contributed by atoms with E-state index in [1.807, 2.05) is 6.20 Å². The molecular formula is C15H26N4. The molecule has 0 aliphatic carbocycles. The summed E-state index contributed by atoms with van der Waals surface area (Å²) < 4.78 is 0. The second-order valence-electron chi connectivity index (χ2n) is 6.22. The summed E-state index contributed by atoms with van der Waals surface area (Å²) in [6.07, 6.45) is 2.51. The van der Waals surface area contributed by atoms with E-state index in [1.54, 1.807) is 0 Å². The summed E-state index contributed by atoms with van der Waals surface area (Å²) in [5.41, 5.74) is 6.78. The lowest BCUT2D eigenvalue weighted by atomic mass is 9.88. The molecule has 19 heavy (non-hydrogen) atoms. The number of amidine groups is 1. The Balaban J connectivity index is 2.88. The fourth-order valence-electron chi connectivity index (χ4n) is 1.88. The van der Waals surface area contributed by atoms with Crippen LogP contribution in [0.15, 0.2) is 18.3 Å². The molecule has 106 valence electrons. The third-order valence-corrected chi connectivity index (χ3v) is 3.15. The van der Waals surface area contributed by atoms with Crippen LogP contribution >= 0.6 is 0 Å².